The number of benzene rings is 1. The molecule has 0 saturated carbocycles. The molecule has 0 aliphatic carbocycles. The Kier molecular flexibility index (Phi) is 4.59. The molecule has 0 spiro atoms. The van der Waals surface area contributed by atoms with Crippen LogP contribution in [0, 0.1) is 5.92 Å². The van der Waals surface area contributed by atoms with Crippen LogP contribution in [0.1, 0.15) is 6.42 Å². The molecule has 1 aliphatic heterocycles. The number of halogens is 1. The number of anilines is 1. The van der Waals surface area contributed by atoms with Crippen LogP contribution in [0.15, 0.2) is 23.1 Å². The molecule has 1 aliphatic rings. The zero-order valence-electron chi connectivity index (χ0n) is 11.7. The summed E-state index contributed by atoms with van der Waals surface area (Å²) in [7, 11) is 0.0805. The lowest BCUT2D eigenvalue weighted by atomic mass is 10.1. The first-order valence-corrected chi connectivity index (χ1v) is 8.32. The highest BCUT2D eigenvalue weighted by atomic mass is 35.5. The third-order valence-corrected chi connectivity index (χ3v) is 5.95. The fraction of sp³-hybridized carbons (Fsp3) is 0.538. The van der Waals surface area contributed by atoms with Gasteiger partial charge in [-0.1, -0.05) is 11.6 Å². The van der Waals surface area contributed by atoms with E-state index in [9.17, 15) is 8.42 Å². The second-order valence-electron chi connectivity index (χ2n) is 5.39. The van der Waals surface area contributed by atoms with Crippen molar-refractivity contribution < 1.29 is 8.42 Å². The number of nitrogens with two attached hydrogens (primary N) is 1. The number of rotatable bonds is 4. The molecule has 7 heteroatoms. The molecule has 1 fully saturated rings. The highest BCUT2D eigenvalue weighted by Crippen LogP contribution is 2.27. The molecule has 1 unspecified atom stereocenters. The lowest BCUT2D eigenvalue weighted by molar-refractivity contribution is 0.357. The lowest BCUT2D eigenvalue weighted by Gasteiger charge is -2.21. The minimum atomic E-state index is -3.56. The molecule has 1 aromatic carbocycles. The van der Waals surface area contributed by atoms with Gasteiger partial charge < -0.3 is 10.6 Å². The molecule has 1 saturated heterocycles. The molecule has 5 nitrogen and oxygen atoms in total. The molecule has 1 atom stereocenters. The fourth-order valence-corrected chi connectivity index (χ4v) is 4.30. The molecule has 0 radical (unpaired) electrons. The Morgan fingerprint density at radius 3 is 2.75 bits per heavy atom. The van der Waals surface area contributed by atoms with Crippen molar-refractivity contribution in [2.24, 2.45) is 5.92 Å². The largest absolute Gasteiger partial charge is 0.399 e. The van der Waals surface area contributed by atoms with Crippen molar-refractivity contribution in [3.05, 3.63) is 23.2 Å². The topological polar surface area (TPSA) is 66.6 Å². The molecule has 1 aromatic rings. The molecular weight excluding hydrogens is 298 g/mol. The summed E-state index contributed by atoms with van der Waals surface area (Å²) in [4.78, 5) is 2.32. The van der Waals surface area contributed by atoms with Crippen LogP contribution in [0.2, 0.25) is 5.02 Å². The lowest BCUT2D eigenvalue weighted by Crippen LogP contribution is -2.33. The van der Waals surface area contributed by atoms with Crippen LogP contribution in [0.25, 0.3) is 0 Å². The molecule has 0 aromatic heterocycles. The summed E-state index contributed by atoms with van der Waals surface area (Å²) >= 11 is 6.00. The van der Waals surface area contributed by atoms with Crippen LogP contribution in [0.4, 0.5) is 5.69 Å². The van der Waals surface area contributed by atoms with Crippen molar-refractivity contribution in [3.8, 4) is 0 Å². The first kappa shape index (κ1) is 15.6. The number of sulfonamides is 1. The first-order valence-electron chi connectivity index (χ1n) is 6.50. The Morgan fingerprint density at radius 2 is 2.20 bits per heavy atom. The van der Waals surface area contributed by atoms with Gasteiger partial charge in [0.1, 0.15) is 4.90 Å². The summed E-state index contributed by atoms with van der Waals surface area (Å²) in [6.45, 7) is 2.45. The van der Waals surface area contributed by atoms with Gasteiger partial charge >= 0.3 is 0 Å². The highest BCUT2D eigenvalue weighted by molar-refractivity contribution is 7.89. The highest BCUT2D eigenvalue weighted by Gasteiger charge is 2.28. The first-order chi connectivity index (χ1) is 9.30. The summed E-state index contributed by atoms with van der Waals surface area (Å²) in [5.74, 6) is 0.368. The molecular formula is C13H20ClN3O2S. The number of likely N-dealkylation sites (tertiary alicyclic amines) is 1. The van der Waals surface area contributed by atoms with Crippen LogP contribution in [-0.4, -0.2) is 51.4 Å². The zero-order chi connectivity index (χ0) is 14.9. The quantitative estimate of drug-likeness (QED) is 0.855. The SMILES string of the molecule is CN1CCC(CN(C)S(=O)(=O)c2ccc(N)cc2Cl)C1. The van der Waals surface area contributed by atoms with E-state index >= 15 is 0 Å². The average molecular weight is 318 g/mol. The van der Waals surface area contributed by atoms with Crippen molar-refractivity contribution in [3.63, 3.8) is 0 Å². The third kappa shape index (κ3) is 3.25. The monoisotopic (exact) mass is 317 g/mol. The Hall–Kier alpha value is -0.820. The molecule has 2 rings (SSSR count). The van der Waals surface area contributed by atoms with Crippen molar-refractivity contribution in [1.82, 2.24) is 9.21 Å². The van der Waals surface area contributed by atoms with E-state index < -0.39 is 10.0 Å². The molecule has 20 heavy (non-hydrogen) atoms. The van der Waals surface area contributed by atoms with E-state index in [0.717, 1.165) is 19.5 Å². The minimum Gasteiger partial charge on any atom is -0.399 e. The minimum absolute atomic E-state index is 0.113. The van der Waals surface area contributed by atoms with Gasteiger partial charge in [0.2, 0.25) is 10.0 Å². The van der Waals surface area contributed by atoms with Gasteiger partial charge in [-0.25, -0.2) is 12.7 Å². The van der Waals surface area contributed by atoms with Gasteiger partial charge in [0.25, 0.3) is 0 Å². The summed E-state index contributed by atoms with van der Waals surface area (Å²) in [6.07, 6.45) is 1.02. The normalized spacial score (nSPS) is 20.7. The molecule has 2 N–H and O–H groups in total. The number of nitrogen functional groups attached to an aromatic ring is 1. The number of hydrogen-bond acceptors (Lipinski definition) is 4. The Balaban J connectivity index is 2.17. The zero-order valence-corrected chi connectivity index (χ0v) is 13.3. The second kappa shape index (κ2) is 5.89. The number of hydrogen-bond donors (Lipinski definition) is 1. The van der Waals surface area contributed by atoms with Crippen LogP contribution in [0.3, 0.4) is 0 Å². The van der Waals surface area contributed by atoms with Crippen LogP contribution in [0.5, 0.6) is 0 Å². The maximum absolute atomic E-state index is 12.5. The second-order valence-corrected chi connectivity index (χ2v) is 7.81. The smallest absolute Gasteiger partial charge is 0.244 e. The summed E-state index contributed by atoms with van der Waals surface area (Å²) in [6, 6.07) is 4.48. The van der Waals surface area contributed by atoms with E-state index in [1.54, 1.807) is 13.1 Å². The van der Waals surface area contributed by atoms with E-state index in [2.05, 4.69) is 4.90 Å². The van der Waals surface area contributed by atoms with Crippen LogP contribution >= 0.6 is 11.6 Å². The van der Waals surface area contributed by atoms with E-state index in [0.29, 0.717) is 18.2 Å². The average Bonchev–Trinajstić information content (AvgIpc) is 2.74. The van der Waals surface area contributed by atoms with Gasteiger partial charge in [-0.3, -0.25) is 0 Å². The van der Waals surface area contributed by atoms with Gasteiger partial charge in [0, 0.05) is 25.8 Å². The van der Waals surface area contributed by atoms with Gasteiger partial charge in [0.05, 0.1) is 5.02 Å². The number of nitrogens with zero attached hydrogens (tertiary/aromatic N) is 2. The summed E-state index contributed by atoms with van der Waals surface area (Å²) < 4.78 is 26.4. The van der Waals surface area contributed by atoms with E-state index in [4.69, 9.17) is 17.3 Å². The predicted octanol–water partition coefficient (Wildman–Crippen LogP) is 1.49. The van der Waals surface area contributed by atoms with Gasteiger partial charge in [-0.2, -0.15) is 0 Å². The summed E-state index contributed by atoms with van der Waals surface area (Å²) in [5, 5.41) is 0.167. The van der Waals surface area contributed by atoms with Crippen molar-refractivity contribution in [1.29, 1.82) is 0 Å². The van der Waals surface area contributed by atoms with Crippen molar-refractivity contribution in [2.75, 3.05) is 39.5 Å². The van der Waals surface area contributed by atoms with E-state index in [-0.39, 0.29) is 9.92 Å². The van der Waals surface area contributed by atoms with E-state index in [1.807, 2.05) is 7.05 Å². The summed E-state index contributed by atoms with van der Waals surface area (Å²) in [5.41, 5.74) is 6.05. The van der Waals surface area contributed by atoms with Crippen LogP contribution < -0.4 is 5.73 Å². The Bertz CT molecular complexity index is 591. The van der Waals surface area contributed by atoms with Gasteiger partial charge in [0.15, 0.2) is 0 Å². The standard InChI is InChI=1S/C13H20ClN3O2S/c1-16-6-5-10(8-16)9-17(2)20(18,19)13-4-3-11(15)7-12(13)14/h3-4,7,10H,5-6,8-9,15H2,1-2H3. The van der Waals surface area contributed by atoms with Crippen molar-refractivity contribution >= 4 is 27.3 Å². The van der Waals surface area contributed by atoms with Crippen molar-refractivity contribution in [2.45, 2.75) is 11.3 Å². The maximum atomic E-state index is 12.5. The Labute approximate surface area is 125 Å². The maximum Gasteiger partial charge on any atom is 0.244 e. The molecule has 112 valence electrons. The predicted molar refractivity (Wildman–Crippen MR) is 81.3 cm³/mol. The van der Waals surface area contributed by atoms with Gasteiger partial charge in [-0.15, -0.1) is 0 Å². The molecule has 1 heterocycles. The Morgan fingerprint density at radius 1 is 1.50 bits per heavy atom. The van der Waals surface area contributed by atoms with Gasteiger partial charge in [-0.05, 0) is 44.1 Å². The molecule has 0 amide bonds. The molecule has 0 bridgehead atoms. The van der Waals surface area contributed by atoms with Crippen LogP contribution in [-0.2, 0) is 10.0 Å². The third-order valence-electron chi connectivity index (χ3n) is 3.65. The fourth-order valence-electron chi connectivity index (χ4n) is 2.53. The van der Waals surface area contributed by atoms with E-state index in [1.165, 1.54) is 16.4 Å².